The third kappa shape index (κ3) is 1.60. The van der Waals surface area contributed by atoms with Gasteiger partial charge >= 0.3 is 0 Å². The molecule has 0 saturated heterocycles. The average molecular weight is 134 g/mol. The number of allylic oxidation sites excluding steroid dienone is 6. The average Bonchev–Trinajstić information content (AvgIpc) is 1.94. The van der Waals surface area contributed by atoms with Crippen LogP contribution in [0.25, 0.3) is 0 Å². The van der Waals surface area contributed by atoms with E-state index in [4.69, 9.17) is 0 Å². The highest BCUT2D eigenvalue weighted by molar-refractivity contribution is 5.37. The molecule has 0 nitrogen and oxygen atoms in total. The molecule has 0 unspecified atom stereocenters. The zero-order valence-corrected chi connectivity index (χ0v) is 6.72. The first kappa shape index (κ1) is 7.33. The zero-order chi connectivity index (χ0) is 7.40. The van der Waals surface area contributed by atoms with Gasteiger partial charge in [-0.15, -0.1) is 0 Å². The van der Waals surface area contributed by atoms with E-state index < -0.39 is 0 Å². The molecule has 0 atom stereocenters. The molecule has 0 spiro atoms. The topological polar surface area (TPSA) is 0 Å². The van der Waals surface area contributed by atoms with Gasteiger partial charge in [-0.25, -0.2) is 0 Å². The maximum Gasteiger partial charge on any atom is -0.0274 e. The minimum atomic E-state index is 1.22. The van der Waals surface area contributed by atoms with Gasteiger partial charge in [-0.2, -0.15) is 0 Å². The highest BCUT2D eigenvalue weighted by Crippen LogP contribution is 2.18. The Morgan fingerprint density at radius 2 is 2.30 bits per heavy atom. The van der Waals surface area contributed by atoms with Gasteiger partial charge in [0.2, 0.25) is 0 Å². The van der Waals surface area contributed by atoms with Crippen molar-refractivity contribution >= 4 is 0 Å². The second-order valence-corrected chi connectivity index (χ2v) is 2.68. The van der Waals surface area contributed by atoms with Crippen molar-refractivity contribution in [1.29, 1.82) is 0 Å². The van der Waals surface area contributed by atoms with Gasteiger partial charge in [0.15, 0.2) is 0 Å². The summed E-state index contributed by atoms with van der Waals surface area (Å²) < 4.78 is 0. The first-order chi connectivity index (χ1) is 4.84. The molecule has 0 N–H and O–H groups in total. The molecule has 1 rings (SSSR count). The van der Waals surface area contributed by atoms with Gasteiger partial charge in [0.1, 0.15) is 0 Å². The fourth-order valence-electron chi connectivity index (χ4n) is 1.17. The lowest BCUT2D eigenvalue weighted by Crippen LogP contribution is -1.87. The molecule has 0 heterocycles. The van der Waals surface area contributed by atoms with Crippen LogP contribution < -0.4 is 0 Å². The molecule has 0 aliphatic heterocycles. The first-order valence-corrected chi connectivity index (χ1v) is 3.83. The lowest BCUT2D eigenvalue weighted by atomic mass is 9.99. The zero-order valence-electron chi connectivity index (χ0n) is 6.72. The van der Waals surface area contributed by atoms with Crippen LogP contribution in [0.1, 0.15) is 26.7 Å². The molecule has 54 valence electrons. The summed E-state index contributed by atoms with van der Waals surface area (Å²) in [4.78, 5) is 0. The number of rotatable bonds is 1. The van der Waals surface area contributed by atoms with Crippen LogP contribution in [-0.2, 0) is 0 Å². The predicted octanol–water partition coefficient (Wildman–Crippen LogP) is 3.23. The molecular weight excluding hydrogens is 120 g/mol. The van der Waals surface area contributed by atoms with Crippen LogP contribution in [0, 0.1) is 0 Å². The van der Waals surface area contributed by atoms with Crippen LogP contribution in [0.3, 0.4) is 0 Å². The van der Waals surface area contributed by atoms with Gasteiger partial charge in [0, 0.05) is 0 Å². The fourth-order valence-corrected chi connectivity index (χ4v) is 1.17. The summed E-state index contributed by atoms with van der Waals surface area (Å²) in [6.07, 6.45) is 11.2. The summed E-state index contributed by atoms with van der Waals surface area (Å²) in [5, 5.41) is 0. The lowest BCUT2D eigenvalue weighted by molar-refractivity contribution is 0.948. The third-order valence-corrected chi connectivity index (χ3v) is 1.82. The summed E-state index contributed by atoms with van der Waals surface area (Å²) in [6.45, 7) is 4.27. The molecule has 0 heteroatoms. The van der Waals surface area contributed by atoms with Gasteiger partial charge < -0.3 is 0 Å². The van der Waals surface area contributed by atoms with Crippen molar-refractivity contribution in [2.75, 3.05) is 0 Å². The molecule has 0 aromatic rings. The lowest BCUT2D eigenvalue weighted by Gasteiger charge is -2.07. The van der Waals surface area contributed by atoms with Crippen molar-refractivity contribution in [3.05, 3.63) is 35.5 Å². The molecule has 1 aliphatic carbocycles. The Balaban J connectivity index is 2.79. The van der Waals surface area contributed by atoms with Crippen LogP contribution in [0.5, 0.6) is 0 Å². The van der Waals surface area contributed by atoms with Gasteiger partial charge in [0.25, 0.3) is 0 Å². The predicted molar refractivity (Wildman–Crippen MR) is 45.9 cm³/mol. The third-order valence-electron chi connectivity index (χ3n) is 1.82. The Labute approximate surface area is 62.9 Å². The van der Waals surface area contributed by atoms with Crippen LogP contribution in [0.2, 0.25) is 0 Å². The van der Waals surface area contributed by atoms with E-state index in [0.717, 1.165) is 0 Å². The van der Waals surface area contributed by atoms with E-state index in [2.05, 4.69) is 38.2 Å². The van der Waals surface area contributed by atoms with E-state index in [1.54, 1.807) is 0 Å². The summed E-state index contributed by atoms with van der Waals surface area (Å²) in [5.41, 5.74) is 2.91. The number of hydrogen-bond acceptors (Lipinski definition) is 0. The van der Waals surface area contributed by atoms with Crippen LogP contribution in [0.15, 0.2) is 35.5 Å². The van der Waals surface area contributed by atoms with Crippen molar-refractivity contribution < 1.29 is 0 Å². The van der Waals surface area contributed by atoms with Crippen molar-refractivity contribution in [1.82, 2.24) is 0 Å². The second kappa shape index (κ2) is 3.40. The van der Waals surface area contributed by atoms with E-state index in [-0.39, 0.29) is 0 Å². The fraction of sp³-hybridized carbons (Fsp3) is 0.400. The van der Waals surface area contributed by atoms with Crippen LogP contribution >= 0.6 is 0 Å². The summed E-state index contributed by atoms with van der Waals surface area (Å²) in [6, 6.07) is 0. The van der Waals surface area contributed by atoms with Crippen LogP contribution in [-0.4, -0.2) is 0 Å². The van der Waals surface area contributed by atoms with E-state index >= 15 is 0 Å². The first-order valence-electron chi connectivity index (χ1n) is 3.83. The quantitative estimate of drug-likeness (QED) is 0.516. The molecule has 0 bridgehead atoms. The highest BCUT2D eigenvalue weighted by atomic mass is 14.0. The molecule has 10 heavy (non-hydrogen) atoms. The standard InChI is InChI=1S/C10H14/c1-3-6-10-8-5-4-7-9(10)2/h3,5-6,8H,4,7H2,1-2H3/b6-3-. The summed E-state index contributed by atoms with van der Waals surface area (Å²) >= 11 is 0. The van der Waals surface area contributed by atoms with E-state index in [9.17, 15) is 0 Å². The van der Waals surface area contributed by atoms with E-state index in [1.165, 1.54) is 24.0 Å². The molecular formula is C10H14. The molecule has 0 aromatic carbocycles. The van der Waals surface area contributed by atoms with Crippen LogP contribution in [0.4, 0.5) is 0 Å². The Morgan fingerprint density at radius 3 is 2.90 bits per heavy atom. The normalized spacial score (nSPS) is 19.0. The smallest absolute Gasteiger partial charge is 0.0274 e. The SMILES string of the molecule is C/C=C\C1=C(C)CCC=C1. The molecule has 0 fully saturated rings. The van der Waals surface area contributed by atoms with E-state index in [0.29, 0.717) is 0 Å². The Kier molecular flexibility index (Phi) is 2.49. The molecule has 0 amide bonds. The van der Waals surface area contributed by atoms with Gasteiger partial charge in [-0.05, 0) is 32.3 Å². The minimum absolute atomic E-state index is 1.22. The Bertz CT molecular complexity index is 188. The molecule has 0 saturated carbocycles. The maximum absolute atomic E-state index is 2.24. The Hall–Kier alpha value is -0.780. The monoisotopic (exact) mass is 134 g/mol. The minimum Gasteiger partial charge on any atom is -0.0871 e. The second-order valence-electron chi connectivity index (χ2n) is 2.68. The Morgan fingerprint density at radius 1 is 1.50 bits per heavy atom. The molecule has 0 radical (unpaired) electrons. The summed E-state index contributed by atoms with van der Waals surface area (Å²) in [5.74, 6) is 0. The van der Waals surface area contributed by atoms with E-state index in [1.807, 2.05) is 0 Å². The molecule has 0 aromatic heterocycles. The van der Waals surface area contributed by atoms with Crippen molar-refractivity contribution in [2.45, 2.75) is 26.7 Å². The van der Waals surface area contributed by atoms with Crippen molar-refractivity contribution in [2.24, 2.45) is 0 Å². The van der Waals surface area contributed by atoms with Gasteiger partial charge in [0.05, 0.1) is 0 Å². The number of hydrogen-bond donors (Lipinski definition) is 0. The highest BCUT2D eigenvalue weighted by Gasteiger charge is 1.98. The summed E-state index contributed by atoms with van der Waals surface area (Å²) in [7, 11) is 0. The van der Waals surface area contributed by atoms with Gasteiger partial charge in [-0.3, -0.25) is 0 Å². The maximum atomic E-state index is 2.24. The molecule has 1 aliphatic rings. The largest absolute Gasteiger partial charge is 0.0871 e. The van der Waals surface area contributed by atoms with Gasteiger partial charge in [-0.1, -0.05) is 29.9 Å². The van der Waals surface area contributed by atoms with Crippen molar-refractivity contribution in [3.8, 4) is 0 Å². The van der Waals surface area contributed by atoms with Crippen molar-refractivity contribution in [3.63, 3.8) is 0 Å².